The Bertz CT molecular complexity index is 536. The van der Waals surface area contributed by atoms with Crippen LogP contribution < -0.4 is 5.56 Å². The monoisotopic (exact) mass is 278 g/mol. The Kier molecular flexibility index (Phi) is 4.28. The Morgan fingerprint density at radius 1 is 1.40 bits per heavy atom. The van der Waals surface area contributed by atoms with Gasteiger partial charge in [0, 0.05) is 31.5 Å². The van der Waals surface area contributed by atoms with Gasteiger partial charge in [0.05, 0.1) is 5.56 Å². The number of hydrogen-bond donors (Lipinski definition) is 2. The molecule has 1 saturated heterocycles. The molecule has 0 atom stereocenters. The minimum atomic E-state index is -0.192. The number of aliphatic hydroxyl groups excluding tert-OH is 1. The second-order valence-corrected chi connectivity index (χ2v) is 5.67. The van der Waals surface area contributed by atoms with Crippen molar-refractivity contribution in [3.63, 3.8) is 0 Å². The van der Waals surface area contributed by atoms with Crippen molar-refractivity contribution < 1.29 is 9.90 Å². The number of hydrogen-bond acceptors (Lipinski definition) is 3. The third-order valence-corrected chi connectivity index (χ3v) is 4.54. The number of aromatic amines is 1. The molecule has 0 unspecified atom stereocenters. The minimum absolute atomic E-state index is 0.0309. The average Bonchev–Trinajstić information content (AvgIpc) is 2.47. The highest BCUT2D eigenvalue weighted by molar-refractivity contribution is 5.95. The lowest BCUT2D eigenvalue weighted by Gasteiger charge is -2.40. The van der Waals surface area contributed by atoms with Crippen molar-refractivity contribution in [3.8, 4) is 0 Å². The number of H-pyrrole nitrogens is 1. The van der Waals surface area contributed by atoms with Gasteiger partial charge in [0.2, 0.25) is 5.56 Å². The van der Waals surface area contributed by atoms with Gasteiger partial charge in [-0.3, -0.25) is 9.59 Å². The fourth-order valence-corrected chi connectivity index (χ4v) is 2.79. The third-order valence-electron chi connectivity index (χ3n) is 4.54. The van der Waals surface area contributed by atoms with Gasteiger partial charge in [0.25, 0.3) is 5.91 Å². The van der Waals surface area contributed by atoms with E-state index in [2.05, 4.69) is 11.9 Å². The fourth-order valence-electron chi connectivity index (χ4n) is 2.79. The van der Waals surface area contributed by atoms with Crippen molar-refractivity contribution in [2.75, 3.05) is 19.7 Å². The summed E-state index contributed by atoms with van der Waals surface area (Å²) in [6, 6.07) is 2.97. The molecule has 1 fully saturated rings. The number of aromatic nitrogens is 1. The van der Waals surface area contributed by atoms with Crippen molar-refractivity contribution in [3.05, 3.63) is 33.7 Å². The smallest absolute Gasteiger partial charge is 0.255 e. The zero-order valence-corrected chi connectivity index (χ0v) is 12.1. The molecule has 1 aromatic rings. The fraction of sp³-hybridized carbons (Fsp3) is 0.600. The molecule has 5 nitrogen and oxygen atoms in total. The summed E-state index contributed by atoms with van der Waals surface area (Å²) >= 11 is 0. The molecule has 2 heterocycles. The second-order valence-electron chi connectivity index (χ2n) is 5.67. The number of aryl methyl sites for hydroxylation is 1. The maximum absolute atomic E-state index is 12.5. The molecule has 2 N–H and O–H groups in total. The van der Waals surface area contributed by atoms with E-state index in [1.807, 2.05) is 4.90 Å². The molecular weight excluding hydrogens is 256 g/mol. The van der Waals surface area contributed by atoms with Gasteiger partial charge in [-0.2, -0.15) is 0 Å². The highest BCUT2D eigenvalue weighted by atomic mass is 16.3. The number of carbonyl (C=O) groups excluding carboxylic acids is 1. The van der Waals surface area contributed by atoms with Gasteiger partial charge < -0.3 is 15.0 Å². The second kappa shape index (κ2) is 5.79. The van der Waals surface area contributed by atoms with Crippen LogP contribution in [0.2, 0.25) is 0 Å². The van der Waals surface area contributed by atoms with E-state index in [0.717, 1.165) is 19.3 Å². The van der Waals surface area contributed by atoms with Crippen molar-refractivity contribution in [2.24, 2.45) is 5.41 Å². The molecule has 20 heavy (non-hydrogen) atoms. The van der Waals surface area contributed by atoms with E-state index in [9.17, 15) is 14.7 Å². The van der Waals surface area contributed by atoms with E-state index in [0.29, 0.717) is 24.3 Å². The quantitative estimate of drug-likeness (QED) is 0.875. The minimum Gasteiger partial charge on any atom is -0.396 e. The molecule has 0 saturated carbocycles. The molecule has 1 aliphatic heterocycles. The van der Waals surface area contributed by atoms with Crippen LogP contribution >= 0.6 is 0 Å². The van der Waals surface area contributed by atoms with Gasteiger partial charge >= 0.3 is 0 Å². The Morgan fingerprint density at radius 3 is 2.55 bits per heavy atom. The molecule has 0 aliphatic carbocycles. The summed E-state index contributed by atoms with van der Waals surface area (Å²) in [5.41, 5.74) is 0.939. The Morgan fingerprint density at radius 2 is 2.05 bits per heavy atom. The third kappa shape index (κ3) is 2.77. The molecule has 2 rings (SSSR count). The Labute approximate surface area is 118 Å². The van der Waals surface area contributed by atoms with E-state index in [1.54, 1.807) is 13.0 Å². The molecule has 0 bridgehead atoms. The summed E-state index contributed by atoms with van der Waals surface area (Å²) in [4.78, 5) is 28.1. The van der Waals surface area contributed by atoms with E-state index in [4.69, 9.17) is 0 Å². The normalized spacial score (nSPS) is 18.1. The summed E-state index contributed by atoms with van der Waals surface area (Å²) in [6.07, 6.45) is 2.59. The number of piperidine rings is 1. The summed E-state index contributed by atoms with van der Waals surface area (Å²) in [7, 11) is 0. The first kappa shape index (κ1) is 14.8. The summed E-state index contributed by atoms with van der Waals surface area (Å²) in [6.45, 7) is 5.32. The van der Waals surface area contributed by atoms with Crippen LogP contribution in [-0.4, -0.2) is 40.6 Å². The van der Waals surface area contributed by atoms with Gasteiger partial charge in [-0.1, -0.05) is 6.92 Å². The summed E-state index contributed by atoms with van der Waals surface area (Å²) in [5, 5.41) is 9.51. The lowest BCUT2D eigenvalue weighted by atomic mass is 9.77. The Balaban J connectivity index is 2.10. The first-order valence-electron chi connectivity index (χ1n) is 7.11. The predicted molar refractivity (Wildman–Crippen MR) is 76.7 cm³/mol. The summed E-state index contributed by atoms with van der Waals surface area (Å²) in [5.74, 6) is -0.0404. The topological polar surface area (TPSA) is 73.4 Å². The van der Waals surface area contributed by atoms with Gasteiger partial charge in [0.15, 0.2) is 0 Å². The van der Waals surface area contributed by atoms with Gasteiger partial charge in [-0.05, 0) is 37.7 Å². The first-order valence-corrected chi connectivity index (χ1v) is 7.11. The number of likely N-dealkylation sites (tertiary alicyclic amines) is 1. The van der Waals surface area contributed by atoms with E-state index < -0.39 is 0 Å². The van der Waals surface area contributed by atoms with Crippen LogP contribution in [0, 0.1) is 12.3 Å². The van der Waals surface area contributed by atoms with Crippen molar-refractivity contribution >= 4 is 5.91 Å². The predicted octanol–water partition coefficient (Wildman–Crippen LogP) is 1.31. The van der Waals surface area contributed by atoms with Crippen LogP contribution in [0.4, 0.5) is 0 Å². The van der Waals surface area contributed by atoms with Crippen LogP contribution in [0.15, 0.2) is 16.9 Å². The Hall–Kier alpha value is -1.62. The van der Waals surface area contributed by atoms with Gasteiger partial charge in [-0.25, -0.2) is 0 Å². The number of carbonyl (C=O) groups is 1. The molecule has 0 aromatic carbocycles. The molecular formula is C15H22N2O3. The number of rotatable bonds is 3. The summed E-state index contributed by atoms with van der Waals surface area (Å²) < 4.78 is 0. The van der Waals surface area contributed by atoms with Crippen LogP contribution in [0.5, 0.6) is 0 Å². The SMILES string of the molecule is CCC1(CO)CCN(C(=O)c2ccc(=O)[nH]c2C)CC1. The molecule has 1 aromatic heterocycles. The van der Waals surface area contributed by atoms with Crippen molar-refractivity contribution in [1.82, 2.24) is 9.88 Å². The van der Waals surface area contributed by atoms with Crippen molar-refractivity contribution in [1.29, 1.82) is 0 Å². The first-order chi connectivity index (χ1) is 9.51. The lowest BCUT2D eigenvalue weighted by molar-refractivity contribution is 0.0337. The standard InChI is InChI=1S/C15H22N2O3/c1-3-15(10-18)6-8-17(9-7-15)14(20)12-4-5-13(19)16-11(12)2/h4-5,18H,3,6-10H2,1-2H3,(H,16,19). The van der Waals surface area contributed by atoms with E-state index in [-0.39, 0.29) is 23.5 Å². The molecule has 5 heteroatoms. The van der Waals surface area contributed by atoms with Crippen LogP contribution in [0.1, 0.15) is 42.2 Å². The lowest BCUT2D eigenvalue weighted by Crippen LogP contribution is -2.44. The van der Waals surface area contributed by atoms with E-state index in [1.165, 1.54) is 6.07 Å². The molecule has 110 valence electrons. The van der Waals surface area contributed by atoms with E-state index >= 15 is 0 Å². The average molecular weight is 278 g/mol. The zero-order valence-electron chi connectivity index (χ0n) is 12.1. The van der Waals surface area contributed by atoms with Gasteiger partial charge in [0.1, 0.15) is 0 Å². The van der Waals surface area contributed by atoms with Crippen LogP contribution in [0.25, 0.3) is 0 Å². The maximum atomic E-state index is 12.5. The van der Waals surface area contributed by atoms with Crippen LogP contribution in [-0.2, 0) is 0 Å². The van der Waals surface area contributed by atoms with Crippen molar-refractivity contribution in [2.45, 2.75) is 33.1 Å². The van der Waals surface area contributed by atoms with Crippen LogP contribution in [0.3, 0.4) is 0 Å². The molecule has 1 amide bonds. The maximum Gasteiger partial charge on any atom is 0.255 e. The molecule has 0 spiro atoms. The largest absolute Gasteiger partial charge is 0.396 e. The highest BCUT2D eigenvalue weighted by Crippen LogP contribution is 2.34. The van der Waals surface area contributed by atoms with Gasteiger partial charge in [-0.15, -0.1) is 0 Å². The number of pyridine rings is 1. The molecule has 1 aliphatic rings. The molecule has 0 radical (unpaired) electrons. The number of amides is 1. The number of aliphatic hydroxyl groups is 1. The number of nitrogens with zero attached hydrogens (tertiary/aromatic N) is 1. The number of nitrogens with one attached hydrogen (secondary N) is 1. The highest BCUT2D eigenvalue weighted by Gasteiger charge is 2.34. The zero-order chi connectivity index (χ0) is 14.8.